The van der Waals surface area contributed by atoms with Crippen LogP contribution in [0.4, 0.5) is 0 Å². The maximum Gasteiger partial charge on any atom is 0.119 e. The van der Waals surface area contributed by atoms with Crippen LogP contribution in [0.15, 0.2) is 54.6 Å². The maximum atomic E-state index is 5.91. The Balaban J connectivity index is 0.00000512. The average Bonchev–Trinajstić information content (AvgIpc) is 2.70. The van der Waals surface area contributed by atoms with Crippen LogP contribution in [0.2, 0.25) is 0 Å². The molecular formula is C28H45NO3. The van der Waals surface area contributed by atoms with E-state index in [2.05, 4.69) is 103 Å². The van der Waals surface area contributed by atoms with Crippen LogP contribution in [0.5, 0.6) is 5.75 Å². The number of hydrogen-bond acceptors (Lipinski definition) is 3. The summed E-state index contributed by atoms with van der Waals surface area (Å²) in [6.07, 6.45) is 2.31. The number of quaternary nitrogens is 1. The van der Waals surface area contributed by atoms with Gasteiger partial charge in [0.2, 0.25) is 0 Å². The van der Waals surface area contributed by atoms with E-state index in [9.17, 15) is 0 Å². The van der Waals surface area contributed by atoms with Gasteiger partial charge < -0.3 is 19.4 Å². The van der Waals surface area contributed by atoms with Crippen molar-refractivity contribution in [2.45, 2.75) is 59.4 Å². The van der Waals surface area contributed by atoms with Gasteiger partial charge in [0.05, 0.1) is 27.3 Å². The molecule has 0 aliphatic carbocycles. The van der Waals surface area contributed by atoms with E-state index in [-0.39, 0.29) is 10.9 Å². The summed E-state index contributed by atoms with van der Waals surface area (Å²) in [5.74, 6) is 0.918. The first kappa shape index (κ1) is 28.2. The molecule has 180 valence electrons. The van der Waals surface area contributed by atoms with Crippen molar-refractivity contribution in [2.75, 3.05) is 40.5 Å². The van der Waals surface area contributed by atoms with E-state index in [1.165, 1.54) is 17.5 Å². The van der Waals surface area contributed by atoms with Crippen molar-refractivity contribution in [1.82, 2.24) is 0 Å². The van der Waals surface area contributed by atoms with Crippen LogP contribution >= 0.6 is 0 Å². The zero-order valence-corrected chi connectivity index (χ0v) is 21.4. The molecule has 2 aromatic carbocycles. The molecule has 0 aliphatic heterocycles. The normalized spacial score (nSPS) is 13.8. The van der Waals surface area contributed by atoms with Crippen molar-refractivity contribution in [3.05, 3.63) is 65.7 Å². The van der Waals surface area contributed by atoms with Gasteiger partial charge in [0.1, 0.15) is 25.4 Å². The van der Waals surface area contributed by atoms with Crippen molar-refractivity contribution in [2.24, 2.45) is 5.41 Å². The minimum atomic E-state index is 0. The molecule has 0 radical (unpaired) electrons. The zero-order valence-electron chi connectivity index (χ0n) is 21.4. The van der Waals surface area contributed by atoms with Gasteiger partial charge in [0.15, 0.2) is 0 Å². The summed E-state index contributed by atoms with van der Waals surface area (Å²) in [5.41, 5.74) is 3.27. The molecule has 0 bridgehead atoms. The minimum Gasteiger partial charge on any atom is -0.870 e. The smallest absolute Gasteiger partial charge is 0.119 e. The summed E-state index contributed by atoms with van der Waals surface area (Å²) in [4.78, 5) is 0. The second-order valence-electron chi connectivity index (χ2n) is 10.9. The second-order valence-corrected chi connectivity index (χ2v) is 10.9. The van der Waals surface area contributed by atoms with Crippen LogP contribution in [0.1, 0.15) is 58.6 Å². The van der Waals surface area contributed by atoms with Crippen LogP contribution in [0.25, 0.3) is 0 Å². The van der Waals surface area contributed by atoms with Crippen molar-refractivity contribution < 1.29 is 19.4 Å². The molecule has 0 heterocycles. The lowest BCUT2D eigenvalue weighted by Crippen LogP contribution is -2.41. The molecule has 0 saturated heterocycles. The Morgan fingerprint density at radius 3 is 2.00 bits per heavy atom. The molecule has 4 nitrogen and oxygen atoms in total. The highest BCUT2D eigenvalue weighted by molar-refractivity contribution is 5.32. The Hall–Kier alpha value is -1.88. The molecule has 1 N–H and O–H groups in total. The molecule has 4 heteroatoms. The van der Waals surface area contributed by atoms with Crippen molar-refractivity contribution in [3.8, 4) is 5.75 Å². The predicted molar refractivity (Wildman–Crippen MR) is 134 cm³/mol. The second kappa shape index (κ2) is 12.4. The van der Waals surface area contributed by atoms with Crippen molar-refractivity contribution in [3.63, 3.8) is 0 Å². The van der Waals surface area contributed by atoms with Gasteiger partial charge in [0.25, 0.3) is 0 Å². The fraction of sp³-hybridized carbons (Fsp3) is 0.571. The summed E-state index contributed by atoms with van der Waals surface area (Å²) >= 11 is 0. The summed E-state index contributed by atoms with van der Waals surface area (Å²) in [6.45, 7) is 15.5. The fourth-order valence-electron chi connectivity index (χ4n) is 4.34. The molecule has 0 aliphatic rings. The lowest BCUT2D eigenvalue weighted by atomic mass is 9.69. The standard InChI is InChI=1S/C28H44NO2.H2O/c1-8-28(5,23-27(2,3)4)25-14-16-26(17-15-25)31-21-20-30-19-18-29(6,7)22-24-12-10-9-11-13-24;/h9-17H,8,18-23H2,1-7H3;1H2/q+1;/p-1. The van der Waals surface area contributed by atoms with Crippen LogP contribution in [-0.4, -0.2) is 50.4 Å². The number of nitrogens with zero attached hydrogens (tertiary/aromatic N) is 1. The maximum absolute atomic E-state index is 5.91. The van der Waals surface area contributed by atoms with E-state index in [0.717, 1.165) is 36.3 Å². The highest BCUT2D eigenvalue weighted by Gasteiger charge is 2.30. The van der Waals surface area contributed by atoms with Gasteiger partial charge in [-0.25, -0.2) is 0 Å². The molecule has 0 saturated carbocycles. The van der Waals surface area contributed by atoms with E-state index >= 15 is 0 Å². The van der Waals surface area contributed by atoms with Gasteiger partial charge in [-0.05, 0) is 41.4 Å². The molecule has 1 unspecified atom stereocenters. The number of rotatable bonds is 12. The molecule has 0 amide bonds. The largest absolute Gasteiger partial charge is 0.870 e. The van der Waals surface area contributed by atoms with Gasteiger partial charge in [-0.15, -0.1) is 0 Å². The summed E-state index contributed by atoms with van der Waals surface area (Å²) in [7, 11) is 4.50. The van der Waals surface area contributed by atoms with Gasteiger partial charge in [-0.1, -0.05) is 77.1 Å². The minimum absolute atomic E-state index is 0. The molecule has 0 fully saturated rings. The van der Waals surface area contributed by atoms with E-state index in [4.69, 9.17) is 9.47 Å². The molecule has 1 atom stereocenters. The SMILES string of the molecule is CCC(C)(CC(C)(C)C)c1ccc(OCCOCC[N+](C)(C)Cc2ccccc2)cc1.[OH-]. The van der Waals surface area contributed by atoms with Crippen LogP contribution in [-0.2, 0) is 16.7 Å². The Morgan fingerprint density at radius 2 is 1.44 bits per heavy atom. The third kappa shape index (κ3) is 9.72. The number of hydrogen-bond donors (Lipinski definition) is 0. The molecule has 0 spiro atoms. The quantitative estimate of drug-likeness (QED) is 0.286. The first-order chi connectivity index (χ1) is 14.5. The number of ether oxygens (including phenoxy) is 2. The van der Waals surface area contributed by atoms with Crippen LogP contribution in [0, 0.1) is 5.41 Å². The van der Waals surface area contributed by atoms with E-state index in [1.807, 2.05) is 0 Å². The van der Waals surface area contributed by atoms with E-state index in [0.29, 0.717) is 18.6 Å². The highest BCUT2D eigenvalue weighted by Crippen LogP contribution is 2.39. The summed E-state index contributed by atoms with van der Waals surface area (Å²) < 4.78 is 12.7. The first-order valence-corrected chi connectivity index (χ1v) is 11.7. The van der Waals surface area contributed by atoms with Gasteiger partial charge in [0, 0.05) is 5.56 Å². The molecule has 2 rings (SSSR count). The summed E-state index contributed by atoms with van der Waals surface area (Å²) in [6, 6.07) is 19.3. The Labute approximate surface area is 196 Å². The lowest BCUT2D eigenvalue weighted by molar-refractivity contribution is -0.904. The van der Waals surface area contributed by atoms with Gasteiger partial charge in [-0.2, -0.15) is 0 Å². The first-order valence-electron chi connectivity index (χ1n) is 11.7. The summed E-state index contributed by atoms with van der Waals surface area (Å²) in [5, 5.41) is 0. The topological polar surface area (TPSA) is 48.5 Å². The van der Waals surface area contributed by atoms with Crippen LogP contribution in [0.3, 0.4) is 0 Å². The monoisotopic (exact) mass is 443 g/mol. The Kier molecular flexibility index (Phi) is 10.9. The Bertz CT molecular complexity index is 766. The molecule has 0 aromatic heterocycles. The van der Waals surface area contributed by atoms with E-state index < -0.39 is 0 Å². The zero-order chi connectivity index (χ0) is 23.0. The molecule has 2 aromatic rings. The lowest BCUT2D eigenvalue weighted by Gasteiger charge is -2.35. The predicted octanol–water partition coefficient (Wildman–Crippen LogP) is 6.29. The van der Waals surface area contributed by atoms with Gasteiger partial charge in [-0.3, -0.25) is 0 Å². The fourth-order valence-corrected chi connectivity index (χ4v) is 4.34. The third-order valence-corrected chi connectivity index (χ3v) is 6.04. The number of likely N-dealkylation sites (N-methyl/N-ethyl adjacent to an activating group) is 1. The van der Waals surface area contributed by atoms with Crippen molar-refractivity contribution >= 4 is 0 Å². The third-order valence-electron chi connectivity index (χ3n) is 6.04. The van der Waals surface area contributed by atoms with Gasteiger partial charge >= 0.3 is 0 Å². The van der Waals surface area contributed by atoms with Crippen LogP contribution < -0.4 is 4.74 Å². The molecular weight excluding hydrogens is 398 g/mol. The van der Waals surface area contributed by atoms with Crippen molar-refractivity contribution in [1.29, 1.82) is 0 Å². The Morgan fingerprint density at radius 1 is 0.812 bits per heavy atom. The average molecular weight is 444 g/mol. The number of benzene rings is 2. The highest BCUT2D eigenvalue weighted by atomic mass is 16.5. The van der Waals surface area contributed by atoms with E-state index in [1.54, 1.807) is 0 Å². The molecule has 32 heavy (non-hydrogen) atoms.